The molecule has 0 radical (unpaired) electrons. The molecule has 28 heavy (non-hydrogen) atoms. The maximum absolute atomic E-state index is 12.2. The number of nitrogens with one attached hydrogen (secondary N) is 2. The van der Waals surface area contributed by atoms with Crippen LogP contribution < -0.4 is 16.4 Å². The van der Waals surface area contributed by atoms with Crippen LogP contribution in [0.1, 0.15) is 24.8 Å². The predicted molar refractivity (Wildman–Crippen MR) is 120 cm³/mol. The van der Waals surface area contributed by atoms with Crippen molar-refractivity contribution in [3.8, 4) is 0 Å². The number of halogens is 2. The Balaban J connectivity index is 0.00000196. The number of nitrogens with two attached hydrogens (primary N) is 1. The number of thioether (sulfide) groups is 1. The third-order valence-corrected chi connectivity index (χ3v) is 6.11. The quantitative estimate of drug-likeness (QED) is 0.620. The summed E-state index contributed by atoms with van der Waals surface area (Å²) < 4.78 is 0. The summed E-state index contributed by atoms with van der Waals surface area (Å²) in [6.45, 7) is 3.51. The van der Waals surface area contributed by atoms with Gasteiger partial charge in [-0.3, -0.25) is 14.5 Å². The van der Waals surface area contributed by atoms with Crippen molar-refractivity contribution < 1.29 is 9.59 Å². The van der Waals surface area contributed by atoms with Gasteiger partial charge < -0.3 is 16.4 Å². The minimum atomic E-state index is -0.196. The first-order valence-corrected chi connectivity index (χ1v) is 10.5. The number of primary amides is 1. The number of piperidine rings is 1. The SMILES string of the molecule is Cl.Cl.NC(=O)C1CCCN(Cc2ccc(NC(=O)CC3CSCCN3)cc2)C1. The van der Waals surface area contributed by atoms with E-state index in [1.165, 1.54) is 5.56 Å². The third-order valence-electron chi connectivity index (χ3n) is 4.98. The summed E-state index contributed by atoms with van der Waals surface area (Å²) in [6, 6.07) is 8.25. The van der Waals surface area contributed by atoms with Gasteiger partial charge in [0.2, 0.25) is 11.8 Å². The van der Waals surface area contributed by atoms with E-state index in [2.05, 4.69) is 15.5 Å². The molecule has 2 atom stereocenters. The van der Waals surface area contributed by atoms with E-state index in [0.29, 0.717) is 6.42 Å². The summed E-state index contributed by atoms with van der Waals surface area (Å²) in [6.07, 6.45) is 2.41. The Kier molecular flexibility index (Phi) is 11.2. The van der Waals surface area contributed by atoms with Crippen LogP contribution in [0.2, 0.25) is 0 Å². The van der Waals surface area contributed by atoms with E-state index in [1.807, 2.05) is 36.0 Å². The van der Waals surface area contributed by atoms with Crippen molar-refractivity contribution in [3.63, 3.8) is 0 Å². The molecule has 0 spiro atoms. The van der Waals surface area contributed by atoms with Crippen LogP contribution in [0.5, 0.6) is 0 Å². The second-order valence-corrected chi connectivity index (χ2v) is 8.30. The van der Waals surface area contributed by atoms with Gasteiger partial charge in [-0.2, -0.15) is 11.8 Å². The van der Waals surface area contributed by atoms with E-state index in [9.17, 15) is 9.59 Å². The van der Waals surface area contributed by atoms with E-state index < -0.39 is 0 Å². The molecule has 2 fully saturated rings. The minimum Gasteiger partial charge on any atom is -0.369 e. The molecule has 2 aliphatic rings. The topological polar surface area (TPSA) is 87.5 Å². The maximum atomic E-state index is 12.2. The molecule has 0 bridgehead atoms. The number of anilines is 1. The van der Waals surface area contributed by atoms with Crippen LogP contribution >= 0.6 is 36.6 Å². The monoisotopic (exact) mass is 448 g/mol. The van der Waals surface area contributed by atoms with Gasteiger partial charge in [0.05, 0.1) is 5.92 Å². The molecule has 2 aliphatic heterocycles. The molecule has 1 aromatic carbocycles. The molecule has 0 aromatic heterocycles. The van der Waals surface area contributed by atoms with Crippen LogP contribution in [0.15, 0.2) is 24.3 Å². The number of amides is 2. The average Bonchev–Trinajstić information content (AvgIpc) is 2.64. The van der Waals surface area contributed by atoms with Crippen LogP contribution in [0.25, 0.3) is 0 Å². The maximum Gasteiger partial charge on any atom is 0.225 e. The Labute approximate surface area is 183 Å². The Morgan fingerprint density at radius 1 is 1.25 bits per heavy atom. The van der Waals surface area contributed by atoms with Gasteiger partial charge in [-0.25, -0.2) is 0 Å². The molecule has 6 nitrogen and oxygen atoms in total. The second-order valence-electron chi connectivity index (χ2n) is 7.15. The lowest BCUT2D eigenvalue weighted by Crippen LogP contribution is -2.40. The molecule has 2 heterocycles. The van der Waals surface area contributed by atoms with Crippen LogP contribution in [-0.4, -0.2) is 53.9 Å². The molecule has 3 rings (SSSR count). The predicted octanol–water partition coefficient (Wildman–Crippen LogP) is 2.26. The van der Waals surface area contributed by atoms with Gasteiger partial charge in [0.1, 0.15) is 0 Å². The smallest absolute Gasteiger partial charge is 0.225 e. The van der Waals surface area contributed by atoms with Crippen molar-refractivity contribution in [2.45, 2.75) is 31.8 Å². The Morgan fingerprint density at radius 3 is 2.64 bits per heavy atom. The van der Waals surface area contributed by atoms with Gasteiger partial charge in [0.25, 0.3) is 0 Å². The first kappa shape index (κ1) is 25.0. The molecule has 2 amide bonds. The van der Waals surface area contributed by atoms with Gasteiger partial charge in [0, 0.05) is 49.3 Å². The molecule has 2 unspecified atom stereocenters. The van der Waals surface area contributed by atoms with Gasteiger partial charge in [-0.1, -0.05) is 12.1 Å². The largest absolute Gasteiger partial charge is 0.369 e. The first-order valence-electron chi connectivity index (χ1n) is 9.32. The van der Waals surface area contributed by atoms with Crippen molar-refractivity contribution in [1.82, 2.24) is 10.2 Å². The fraction of sp³-hybridized carbons (Fsp3) is 0.579. The van der Waals surface area contributed by atoms with Crippen molar-refractivity contribution >= 4 is 54.1 Å². The number of carbonyl (C=O) groups excluding carboxylic acids is 2. The second kappa shape index (κ2) is 12.5. The van der Waals surface area contributed by atoms with Crippen molar-refractivity contribution in [3.05, 3.63) is 29.8 Å². The lowest BCUT2D eigenvalue weighted by Gasteiger charge is -2.31. The summed E-state index contributed by atoms with van der Waals surface area (Å²) >= 11 is 1.90. The molecule has 4 N–H and O–H groups in total. The third kappa shape index (κ3) is 7.79. The highest BCUT2D eigenvalue weighted by molar-refractivity contribution is 7.99. The van der Waals surface area contributed by atoms with Crippen LogP contribution in [-0.2, 0) is 16.1 Å². The summed E-state index contributed by atoms with van der Waals surface area (Å²) in [5, 5.41) is 6.36. The average molecular weight is 449 g/mol. The van der Waals surface area contributed by atoms with E-state index in [4.69, 9.17) is 5.73 Å². The number of likely N-dealkylation sites (tertiary alicyclic amines) is 1. The lowest BCUT2D eigenvalue weighted by molar-refractivity contribution is -0.123. The Morgan fingerprint density at radius 2 is 2.00 bits per heavy atom. The number of nitrogens with zero attached hydrogens (tertiary/aromatic N) is 1. The fourth-order valence-electron chi connectivity index (χ4n) is 3.57. The van der Waals surface area contributed by atoms with Crippen molar-refractivity contribution in [2.24, 2.45) is 11.7 Å². The van der Waals surface area contributed by atoms with E-state index >= 15 is 0 Å². The number of hydrogen-bond donors (Lipinski definition) is 3. The van der Waals surface area contributed by atoms with Gasteiger partial charge in [-0.05, 0) is 37.1 Å². The normalized spacial score (nSPS) is 22.4. The van der Waals surface area contributed by atoms with Crippen LogP contribution in [0, 0.1) is 5.92 Å². The van der Waals surface area contributed by atoms with E-state index in [-0.39, 0.29) is 48.6 Å². The summed E-state index contributed by atoms with van der Waals surface area (Å²) in [4.78, 5) is 25.8. The number of carbonyl (C=O) groups is 2. The fourth-order valence-corrected chi connectivity index (χ4v) is 4.52. The zero-order valence-electron chi connectivity index (χ0n) is 15.9. The Hall–Kier alpha value is -0.990. The molecular weight excluding hydrogens is 419 g/mol. The summed E-state index contributed by atoms with van der Waals surface area (Å²) in [5.41, 5.74) is 7.45. The molecule has 9 heteroatoms. The molecule has 158 valence electrons. The van der Waals surface area contributed by atoms with Crippen molar-refractivity contribution in [2.75, 3.05) is 36.5 Å². The Bertz CT molecular complexity index is 627. The van der Waals surface area contributed by atoms with Gasteiger partial charge in [0.15, 0.2) is 0 Å². The highest BCUT2D eigenvalue weighted by Gasteiger charge is 2.23. The lowest BCUT2D eigenvalue weighted by atomic mass is 9.97. The standard InChI is InChI=1S/C19H28N4O2S.2ClH/c20-19(25)15-2-1-8-23(12-15)11-14-3-5-16(6-4-14)22-18(24)10-17-13-26-9-7-21-17;;/h3-6,15,17,21H,1-2,7-13H2,(H2,20,25)(H,22,24);2*1H. The van der Waals surface area contributed by atoms with E-state index in [1.54, 1.807) is 0 Å². The van der Waals surface area contributed by atoms with Crippen LogP contribution in [0.4, 0.5) is 5.69 Å². The van der Waals surface area contributed by atoms with Crippen LogP contribution in [0.3, 0.4) is 0 Å². The highest BCUT2D eigenvalue weighted by Crippen LogP contribution is 2.19. The zero-order chi connectivity index (χ0) is 18.4. The summed E-state index contributed by atoms with van der Waals surface area (Å²) in [5.74, 6) is 1.94. The molecule has 0 saturated carbocycles. The van der Waals surface area contributed by atoms with Gasteiger partial charge >= 0.3 is 0 Å². The molecule has 1 aromatic rings. The molecule has 2 saturated heterocycles. The molecule has 0 aliphatic carbocycles. The highest BCUT2D eigenvalue weighted by atomic mass is 35.5. The first-order chi connectivity index (χ1) is 12.6. The number of hydrogen-bond acceptors (Lipinski definition) is 5. The molecular formula is C19H30Cl2N4O2S. The van der Waals surface area contributed by atoms with Crippen molar-refractivity contribution in [1.29, 1.82) is 0 Å². The zero-order valence-corrected chi connectivity index (χ0v) is 18.3. The number of rotatable bonds is 6. The number of benzene rings is 1. The minimum absolute atomic E-state index is 0. The van der Waals surface area contributed by atoms with E-state index in [0.717, 1.165) is 56.2 Å². The van der Waals surface area contributed by atoms with Gasteiger partial charge in [-0.15, -0.1) is 24.8 Å². The summed E-state index contributed by atoms with van der Waals surface area (Å²) in [7, 11) is 0.